The smallest absolute Gasteiger partial charge is 0.214 e. The topological polar surface area (TPSA) is 64.0 Å². The molecule has 5 nitrogen and oxygen atoms in total. The predicted octanol–water partition coefficient (Wildman–Crippen LogP) is 2.68. The molecule has 1 aliphatic rings. The first kappa shape index (κ1) is 15.5. The number of nitrogens with one attached hydrogen (secondary N) is 1. The lowest BCUT2D eigenvalue weighted by Crippen LogP contribution is -2.36. The summed E-state index contributed by atoms with van der Waals surface area (Å²) in [6.07, 6.45) is 9.41. The SMILES string of the molecule is O=S(=O)(NCCCn1ccc2cccnc21)C1CCCCC1. The van der Waals surface area contributed by atoms with Crippen LogP contribution in [0.2, 0.25) is 0 Å². The van der Waals surface area contributed by atoms with E-state index in [0.29, 0.717) is 6.54 Å². The van der Waals surface area contributed by atoms with Crippen molar-refractivity contribution in [2.45, 2.75) is 50.3 Å². The number of sulfonamides is 1. The van der Waals surface area contributed by atoms with Crippen molar-refractivity contribution in [3.05, 3.63) is 30.6 Å². The zero-order valence-corrected chi connectivity index (χ0v) is 13.6. The van der Waals surface area contributed by atoms with E-state index in [1.807, 2.05) is 24.4 Å². The summed E-state index contributed by atoms with van der Waals surface area (Å²) < 4.78 is 29.3. The number of aromatic nitrogens is 2. The van der Waals surface area contributed by atoms with Crippen molar-refractivity contribution in [3.8, 4) is 0 Å². The van der Waals surface area contributed by atoms with Gasteiger partial charge in [-0.3, -0.25) is 0 Å². The zero-order valence-electron chi connectivity index (χ0n) is 12.7. The second kappa shape index (κ2) is 6.79. The van der Waals surface area contributed by atoms with Gasteiger partial charge in [0.1, 0.15) is 5.65 Å². The third-order valence-electron chi connectivity index (χ3n) is 4.39. The minimum atomic E-state index is -3.14. The Labute approximate surface area is 131 Å². The quantitative estimate of drug-likeness (QED) is 0.832. The number of nitrogens with zero attached hydrogens (tertiary/aromatic N) is 2. The number of rotatable bonds is 6. The van der Waals surface area contributed by atoms with Crippen molar-refractivity contribution >= 4 is 21.1 Å². The van der Waals surface area contributed by atoms with Gasteiger partial charge in [-0.2, -0.15) is 0 Å². The fraction of sp³-hybridized carbons (Fsp3) is 0.562. The summed E-state index contributed by atoms with van der Waals surface area (Å²) in [5.74, 6) is 0. The molecule has 0 aromatic carbocycles. The highest BCUT2D eigenvalue weighted by atomic mass is 32.2. The molecule has 0 saturated heterocycles. The van der Waals surface area contributed by atoms with Gasteiger partial charge < -0.3 is 4.57 Å². The lowest BCUT2D eigenvalue weighted by Gasteiger charge is -2.22. The average molecular weight is 321 g/mol. The highest BCUT2D eigenvalue weighted by molar-refractivity contribution is 7.90. The third-order valence-corrected chi connectivity index (χ3v) is 6.35. The molecule has 3 rings (SSSR count). The van der Waals surface area contributed by atoms with Gasteiger partial charge in [-0.05, 0) is 37.5 Å². The second-order valence-corrected chi connectivity index (χ2v) is 8.02. The van der Waals surface area contributed by atoms with E-state index in [-0.39, 0.29) is 5.25 Å². The number of hydrogen-bond acceptors (Lipinski definition) is 3. The van der Waals surface area contributed by atoms with Crippen molar-refractivity contribution < 1.29 is 8.42 Å². The molecule has 0 aliphatic heterocycles. The molecule has 1 N–H and O–H groups in total. The molecule has 1 aliphatic carbocycles. The van der Waals surface area contributed by atoms with Crippen LogP contribution < -0.4 is 4.72 Å². The molecular weight excluding hydrogens is 298 g/mol. The summed E-state index contributed by atoms with van der Waals surface area (Å²) in [6.45, 7) is 1.26. The van der Waals surface area contributed by atoms with Crippen molar-refractivity contribution in [2.24, 2.45) is 0 Å². The normalized spacial score (nSPS) is 17.1. The summed E-state index contributed by atoms with van der Waals surface area (Å²) in [6, 6.07) is 5.99. The van der Waals surface area contributed by atoms with Gasteiger partial charge in [-0.25, -0.2) is 18.1 Å². The fourth-order valence-electron chi connectivity index (χ4n) is 3.16. The predicted molar refractivity (Wildman–Crippen MR) is 88.1 cm³/mol. The Morgan fingerprint density at radius 3 is 2.86 bits per heavy atom. The molecule has 22 heavy (non-hydrogen) atoms. The third kappa shape index (κ3) is 3.50. The van der Waals surface area contributed by atoms with Crippen LogP contribution in [0.4, 0.5) is 0 Å². The van der Waals surface area contributed by atoms with Crippen LogP contribution in [0.25, 0.3) is 11.0 Å². The summed E-state index contributed by atoms with van der Waals surface area (Å²) in [5.41, 5.74) is 0.956. The Bertz CT molecular complexity index is 718. The number of aryl methyl sites for hydroxylation is 1. The Morgan fingerprint density at radius 2 is 2.05 bits per heavy atom. The first-order valence-corrected chi connectivity index (χ1v) is 9.60. The Balaban J connectivity index is 1.51. The molecule has 0 unspecified atom stereocenters. The molecule has 0 amide bonds. The van der Waals surface area contributed by atoms with Crippen LogP contribution in [-0.4, -0.2) is 29.8 Å². The monoisotopic (exact) mass is 321 g/mol. The van der Waals surface area contributed by atoms with E-state index < -0.39 is 10.0 Å². The summed E-state index contributed by atoms with van der Waals surface area (Å²) in [5, 5.41) is 0.931. The van der Waals surface area contributed by atoms with Crippen molar-refractivity contribution in [1.82, 2.24) is 14.3 Å². The molecule has 2 heterocycles. The van der Waals surface area contributed by atoms with E-state index in [0.717, 1.165) is 49.7 Å². The van der Waals surface area contributed by atoms with Crippen LogP contribution in [0.15, 0.2) is 30.6 Å². The Morgan fingerprint density at radius 1 is 1.23 bits per heavy atom. The van der Waals surface area contributed by atoms with Crippen LogP contribution in [0, 0.1) is 0 Å². The van der Waals surface area contributed by atoms with E-state index in [4.69, 9.17) is 0 Å². The Hall–Kier alpha value is -1.40. The summed E-state index contributed by atoms with van der Waals surface area (Å²) >= 11 is 0. The number of pyridine rings is 1. The molecule has 0 atom stereocenters. The maximum Gasteiger partial charge on any atom is 0.214 e. The van der Waals surface area contributed by atoms with Crippen molar-refractivity contribution in [3.63, 3.8) is 0 Å². The van der Waals surface area contributed by atoms with Gasteiger partial charge in [-0.15, -0.1) is 0 Å². The minimum absolute atomic E-state index is 0.185. The lowest BCUT2D eigenvalue weighted by atomic mass is 10.0. The fourth-order valence-corrected chi connectivity index (χ4v) is 4.78. The van der Waals surface area contributed by atoms with Gasteiger partial charge in [0.05, 0.1) is 5.25 Å². The minimum Gasteiger partial charge on any atom is -0.332 e. The summed E-state index contributed by atoms with van der Waals surface area (Å²) in [4.78, 5) is 4.37. The molecule has 2 aromatic heterocycles. The van der Waals surface area contributed by atoms with E-state index >= 15 is 0 Å². The number of hydrogen-bond donors (Lipinski definition) is 1. The van der Waals surface area contributed by atoms with E-state index in [2.05, 4.69) is 14.3 Å². The van der Waals surface area contributed by atoms with Gasteiger partial charge in [-0.1, -0.05) is 19.3 Å². The first-order valence-electron chi connectivity index (χ1n) is 8.05. The van der Waals surface area contributed by atoms with Gasteiger partial charge in [0.2, 0.25) is 10.0 Å². The molecular formula is C16H23N3O2S. The highest BCUT2D eigenvalue weighted by Crippen LogP contribution is 2.23. The maximum atomic E-state index is 12.2. The Kier molecular flexibility index (Phi) is 4.78. The zero-order chi connectivity index (χ0) is 15.4. The van der Waals surface area contributed by atoms with Crippen LogP contribution in [0.1, 0.15) is 38.5 Å². The molecule has 1 fully saturated rings. The molecule has 0 spiro atoms. The molecule has 2 aromatic rings. The van der Waals surface area contributed by atoms with Gasteiger partial charge in [0, 0.05) is 30.9 Å². The molecule has 0 bridgehead atoms. The van der Waals surface area contributed by atoms with E-state index in [1.165, 1.54) is 6.42 Å². The van der Waals surface area contributed by atoms with Crippen LogP contribution in [0.3, 0.4) is 0 Å². The molecule has 6 heteroatoms. The average Bonchev–Trinajstić information content (AvgIpc) is 2.96. The van der Waals surface area contributed by atoms with Gasteiger partial charge >= 0.3 is 0 Å². The van der Waals surface area contributed by atoms with Crippen LogP contribution in [-0.2, 0) is 16.6 Å². The lowest BCUT2D eigenvalue weighted by molar-refractivity contribution is 0.476. The van der Waals surface area contributed by atoms with Crippen LogP contribution in [0.5, 0.6) is 0 Å². The molecule has 1 saturated carbocycles. The van der Waals surface area contributed by atoms with Crippen molar-refractivity contribution in [2.75, 3.05) is 6.54 Å². The number of fused-ring (bicyclic) bond motifs is 1. The van der Waals surface area contributed by atoms with Gasteiger partial charge in [0.25, 0.3) is 0 Å². The highest BCUT2D eigenvalue weighted by Gasteiger charge is 2.26. The maximum absolute atomic E-state index is 12.2. The van der Waals surface area contributed by atoms with Gasteiger partial charge in [0.15, 0.2) is 0 Å². The molecule has 0 radical (unpaired) electrons. The summed E-state index contributed by atoms with van der Waals surface area (Å²) in [7, 11) is -3.14. The molecule has 120 valence electrons. The van der Waals surface area contributed by atoms with Crippen molar-refractivity contribution in [1.29, 1.82) is 0 Å². The largest absolute Gasteiger partial charge is 0.332 e. The van der Waals surface area contributed by atoms with E-state index in [1.54, 1.807) is 6.20 Å². The van der Waals surface area contributed by atoms with E-state index in [9.17, 15) is 8.42 Å². The standard InChI is InChI=1S/C16H23N3O2S/c20-22(21,15-7-2-1-3-8-15)18-11-5-12-19-13-9-14-6-4-10-17-16(14)19/h4,6,9-10,13,15,18H,1-3,5,7-8,11-12H2. The second-order valence-electron chi connectivity index (χ2n) is 5.98. The van der Waals surface area contributed by atoms with Crippen LogP contribution >= 0.6 is 0 Å². The first-order chi connectivity index (χ1) is 10.7.